The Labute approximate surface area is 105 Å². The third-order valence-electron chi connectivity index (χ3n) is 3.70. The fourth-order valence-electron chi connectivity index (χ4n) is 2.82. The predicted molar refractivity (Wildman–Crippen MR) is 66.7 cm³/mol. The highest BCUT2D eigenvalue weighted by atomic mass is 16.2. The molecule has 7 heteroatoms. The van der Waals surface area contributed by atoms with Crippen LogP contribution in [0.25, 0.3) is 0 Å². The third kappa shape index (κ3) is 1.76. The summed E-state index contributed by atoms with van der Waals surface area (Å²) in [6.45, 7) is 1.61. The molecule has 3 heterocycles. The second-order valence-electron chi connectivity index (χ2n) is 4.66. The van der Waals surface area contributed by atoms with E-state index in [2.05, 4.69) is 25.6 Å². The number of piperidine rings is 1. The molecule has 3 rings (SSSR count). The number of nitrogens with one attached hydrogen (secondary N) is 2. The molecule has 2 atom stereocenters. The SMILES string of the molecule is NNc1cc(N2CCCC3C(=O)NCC32)ncn1. The van der Waals surface area contributed by atoms with Crippen molar-refractivity contribution in [2.75, 3.05) is 23.4 Å². The molecule has 2 unspecified atom stereocenters. The summed E-state index contributed by atoms with van der Waals surface area (Å²) in [4.78, 5) is 22.2. The average Bonchev–Trinajstić information content (AvgIpc) is 2.81. The van der Waals surface area contributed by atoms with Gasteiger partial charge in [-0.05, 0) is 12.8 Å². The van der Waals surface area contributed by atoms with Crippen molar-refractivity contribution in [1.29, 1.82) is 0 Å². The Kier molecular flexibility index (Phi) is 2.75. The van der Waals surface area contributed by atoms with Crippen molar-refractivity contribution in [3.63, 3.8) is 0 Å². The van der Waals surface area contributed by atoms with Gasteiger partial charge >= 0.3 is 0 Å². The monoisotopic (exact) mass is 248 g/mol. The molecule has 2 aliphatic rings. The first-order valence-corrected chi connectivity index (χ1v) is 6.12. The number of nitrogens with two attached hydrogens (primary N) is 1. The first kappa shape index (κ1) is 11.2. The lowest BCUT2D eigenvalue weighted by Gasteiger charge is -2.36. The summed E-state index contributed by atoms with van der Waals surface area (Å²) in [7, 11) is 0. The van der Waals surface area contributed by atoms with Crippen LogP contribution in [0.5, 0.6) is 0 Å². The summed E-state index contributed by atoms with van der Waals surface area (Å²) in [5.41, 5.74) is 2.51. The number of nitrogen functional groups attached to an aromatic ring is 1. The van der Waals surface area contributed by atoms with Gasteiger partial charge in [0, 0.05) is 19.2 Å². The number of hydrogen-bond donors (Lipinski definition) is 3. The molecule has 0 spiro atoms. The molecule has 2 saturated heterocycles. The van der Waals surface area contributed by atoms with Crippen molar-refractivity contribution in [2.45, 2.75) is 18.9 Å². The summed E-state index contributed by atoms with van der Waals surface area (Å²) in [5, 5.41) is 2.93. The molecule has 0 radical (unpaired) electrons. The van der Waals surface area contributed by atoms with Gasteiger partial charge in [-0.1, -0.05) is 0 Å². The topological polar surface area (TPSA) is 96.2 Å². The summed E-state index contributed by atoms with van der Waals surface area (Å²) < 4.78 is 0. The van der Waals surface area contributed by atoms with E-state index in [-0.39, 0.29) is 17.9 Å². The summed E-state index contributed by atoms with van der Waals surface area (Å²) >= 11 is 0. The lowest BCUT2D eigenvalue weighted by molar-refractivity contribution is -0.122. The molecule has 96 valence electrons. The molecular weight excluding hydrogens is 232 g/mol. The van der Waals surface area contributed by atoms with Crippen molar-refractivity contribution in [1.82, 2.24) is 15.3 Å². The van der Waals surface area contributed by atoms with E-state index >= 15 is 0 Å². The van der Waals surface area contributed by atoms with Crippen LogP contribution < -0.4 is 21.5 Å². The molecule has 0 saturated carbocycles. The van der Waals surface area contributed by atoms with Crippen LogP contribution in [0.3, 0.4) is 0 Å². The van der Waals surface area contributed by atoms with Gasteiger partial charge < -0.3 is 15.6 Å². The van der Waals surface area contributed by atoms with Gasteiger partial charge in [-0.15, -0.1) is 0 Å². The van der Waals surface area contributed by atoms with E-state index in [9.17, 15) is 4.79 Å². The average molecular weight is 248 g/mol. The van der Waals surface area contributed by atoms with E-state index in [1.54, 1.807) is 0 Å². The molecular formula is C11H16N6O. The molecule has 4 N–H and O–H groups in total. The molecule has 18 heavy (non-hydrogen) atoms. The molecule has 0 bridgehead atoms. The van der Waals surface area contributed by atoms with E-state index in [1.165, 1.54) is 6.33 Å². The van der Waals surface area contributed by atoms with E-state index in [0.29, 0.717) is 12.4 Å². The van der Waals surface area contributed by atoms with Crippen LogP contribution in [0, 0.1) is 5.92 Å². The smallest absolute Gasteiger partial charge is 0.225 e. The Morgan fingerprint density at radius 3 is 3.22 bits per heavy atom. The predicted octanol–water partition coefficient (Wildman–Crippen LogP) is -0.523. The number of nitrogens with zero attached hydrogens (tertiary/aromatic N) is 3. The lowest BCUT2D eigenvalue weighted by Crippen LogP contribution is -2.46. The zero-order valence-corrected chi connectivity index (χ0v) is 9.97. The Morgan fingerprint density at radius 1 is 1.50 bits per heavy atom. The quantitative estimate of drug-likeness (QED) is 0.481. The molecule has 1 aromatic rings. The van der Waals surface area contributed by atoms with Gasteiger partial charge in [-0.2, -0.15) is 0 Å². The molecule has 1 aromatic heterocycles. The summed E-state index contributed by atoms with van der Waals surface area (Å²) in [6.07, 6.45) is 3.45. The zero-order valence-electron chi connectivity index (χ0n) is 9.97. The van der Waals surface area contributed by atoms with E-state index in [1.807, 2.05) is 6.07 Å². The molecule has 2 fully saturated rings. The molecule has 1 amide bonds. The number of hydrazine groups is 1. The van der Waals surface area contributed by atoms with Crippen LogP contribution in [0.1, 0.15) is 12.8 Å². The minimum absolute atomic E-state index is 0.0861. The largest absolute Gasteiger partial charge is 0.354 e. The number of fused-ring (bicyclic) bond motifs is 1. The van der Waals surface area contributed by atoms with Gasteiger partial charge in [0.25, 0.3) is 0 Å². The van der Waals surface area contributed by atoms with Crippen LogP contribution >= 0.6 is 0 Å². The van der Waals surface area contributed by atoms with Gasteiger partial charge in [0.1, 0.15) is 18.0 Å². The highest BCUT2D eigenvalue weighted by Crippen LogP contribution is 2.30. The van der Waals surface area contributed by atoms with Crippen molar-refractivity contribution < 1.29 is 4.79 Å². The maximum absolute atomic E-state index is 11.7. The van der Waals surface area contributed by atoms with Gasteiger partial charge in [0.05, 0.1) is 12.0 Å². The van der Waals surface area contributed by atoms with Crippen LogP contribution in [0.4, 0.5) is 11.6 Å². The second kappa shape index (κ2) is 4.41. The summed E-state index contributed by atoms with van der Waals surface area (Å²) in [6, 6.07) is 2.01. The Hall–Kier alpha value is -1.89. The second-order valence-corrected chi connectivity index (χ2v) is 4.66. The first-order valence-electron chi connectivity index (χ1n) is 6.12. The molecule has 0 aromatic carbocycles. The number of anilines is 2. The number of carbonyl (C=O) groups excluding carboxylic acids is 1. The van der Waals surface area contributed by atoms with Gasteiger partial charge in [0.15, 0.2) is 0 Å². The summed E-state index contributed by atoms with van der Waals surface area (Å²) in [5.74, 6) is 7.01. The molecule has 7 nitrogen and oxygen atoms in total. The normalized spacial score (nSPS) is 26.7. The van der Waals surface area contributed by atoms with E-state index in [0.717, 1.165) is 25.2 Å². The van der Waals surface area contributed by atoms with Crippen LogP contribution in [-0.2, 0) is 4.79 Å². The maximum Gasteiger partial charge on any atom is 0.225 e. The number of amides is 1. The van der Waals surface area contributed by atoms with Crippen molar-refractivity contribution in [3.8, 4) is 0 Å². The zero-order chi connectivity index (χ0) is 12.5. The Morgan fingerprint density at radius 2 is 2.39 bits per heavy atom. The number of carbonyl (C=O) groups is 1. The van der Waals surface area contributed by atoms with Crippen molar-refractivity contribution in [2.24, 2.45) is 11.8 Å². The van der Waals surface area contributed by atoms with Gasteiger partial charge in [-0.25, -0.2) is 15.8 Å². The fourth-order valence-corrected chi connectivity index (χ4v) is 2.82. The standard InChI is InChI=1S/C11H16N6O/c12-16-9-4-10(15-6-14-9)17-3-1-2-7-8(17)5-13-11(7)18/h4,6-8H,1-3,5,12H2,(H,13,18)(H,14,15,16). The number of rotatable bonds is 2. The van der Waals surface area contributed by atoms with Crippen molar-refractivity contribution >= 4 is 17.5 Å². The van der Waals surface area contributed by atoms with Crippen LogP contribution in [0.2, 0.25) is 0 Å². The third-order valence-corrected chi connectivity index (χ3v) is 3.70. The molecule has 0 aliphatic carbocycles. The van der Waals surface area contributed by atoms with E-state index in [4.69, 9.17) is 5.84 Å². The number of hydrogen-bond acceptors (Lipinski definition) is 6. The fraction of sp³-hybridized carbons (Fsp3) is 0.545. The lowest BCUT2D eigenvalue weighted by atomic mass is 9.91. The highest BCUT2D eigenvalue weighted by molar-refractivity contribution is 5.83. The van der Waals surface area contributed by atoms with Gasteiger partial charge in [-0.3, -0.25) is 4.79 Å². The minimum Gasteiger partial charge on any atom is -0.354 e. The van der Waals surface area contributed by atoms with Crippen molar-refractivity contribution in [3.05, 3.63) is 12.4 Å². The Bertz CT molecular complexity index is 465. The maximum atomic E-state index is 11.7. The highest BCUT2D eigenvalue weighted by Gasteiger charge is 2.41. The van der Waals surface area contributed by atoms with Crippen LogP contribution in [0.15, 0.2) is 12.4 Å². The molecule has 2 aliphatic heterocycles. The van der Waals surface area contributed by atoms with E-state index < -0.39 is 0 Å². The van der Waals surface area contributed by atoms with Gasteiger partial charge in [0.2, 0.25) is 5.91 Å². The minimum atomic E-state index is 0.0861. The first-order chi connectivity index (χ1) is 8.79. The van der Waals surface area contributed by atoms with Crippen LogP contribution in [-0.4, -0.2) is 35.0 Å². The Balaban J connectivity index is 1.88. The number of aromatic nitrogens is 2.